The first-order valence-corrected chi connectivity index (χ1v) is 25.3. The number of rotatable bonds is 45. The molecule has 0 aliphatic heterocycles. The van der Waals surface area contributed by atoms with Crippen molar-refractivity contribution in [2.75, 3.05) is 13.2 Å². The van der Waals surface area contributed by atoms with Crippen LogP contribution in [0.3, 0.4) is 0 Å². The maximum atomic E-state index is 12.8. The SMILES string of the molecule is CCCCCCCCCC(=O)OC[C@H](COC(=O)CCCCCCCCCCCCCC(C)C)OC(=O)CCCCCCCCCCCCCCCCC(C)CC. The third-order valence-corrected chi connectivity index (χ3v) is 11.8. The molecule has 2 atom stereocenters. The first-order valence-electron chi connectivity index (χ1n) is 25.3. The largest absolute Gasteiger partial charge is 0.462 e. The molecular weight excluding hydrogens is 709 g/mol. The van der Waals surface area contributed by atoms with Crippen LogP contribution in [0, 0.1) is 11.8 Å². The Morgan fingerprint density at radius 3 is 1.00 bits per heavy atom. The molecule has 1 unspecified atom stereocenters. The first kappa shape index (κ1) is 55.4. The second kappa shape index (κ2) is 44.0. The zero-order valence-electron chi connectivity index (χ0n) is 39.0. The summed E-state index contributed by atoms with van der Waals surface area (Å²) in [4.78, 5) is 37.7. The van der Waals surface area contributed by atoms with E-state index in [4.69, 9.17) is 14.2 Å². The summed E-state index contributed by atoms with van der Waals surface area (Å²) in [6.07, 6.45) is 43.8. The maximum Gasteiger partial charge on any atom is 0.306 e. The van der Waals surface area contributed by atoms with Gasteiger partial charge in [-0.1, -0.05) is 240 Å². The van der Waals surface area contributed by atoms with Crippen LogP contribution in [0.1, 0.15) is 279 Å². The molecule has 57 heavy (non-hydrogen) atoms. The first-order chi connectivity index (χ1) is 27.8. The van der Waals surface area contributed by atoms with Crippen molar-refractivity contribution in [1.82, 2.24) is 0 Å². The van der Waals surface area contributed by atoms with Crippen molar-refractivity contribution < 1.29 is 28.6 Å². The Balaban J connectivity index is 4.21. The topological polar surface area (TPSA) is 78.9 Å². The van der Waals surface area contributed by atoms with Crippen LogP contribution >= 0.6 is 0 Å². The predicted molar refractivity (Wildman–Crippen MR) is 243 cm³/mol. The van der Waals surface area contributed by atoms with E-state index in [9.17, 15) is 14.4 Å². The van der Waals surface area contributed by atoms with Crippen molar-refractivity contribution >= 4 is 17.9 Å². The Bertz CT molecular complexity index is 872. The lowest BCUT2D eigenvalue weighted by Gasteiger charge is -2.18. The molecule has 0 bridgehead atoms. The molecule has 0 saturated carbocycles. The molecular formula is C51H98O6. The lowest BCUT2D eigenvalue weighted by molar-refractivity contribution is -0.167. The van der Waals surface area contributed by atoms with E-state index in [1.807, 2.05) is 0 Å². The van der Waals surface area contributed by atoms with E-state index < -0.39 is 6.10 Å². The summed E-state index contributed by atoms with van der Waals surface area (Å²) in [7, 11) is 0. The number of carbonyl (C=O) groups is 3. The van der Waals surface area contributed by atoms with E-state index in [2.05, 4.69) is 34.6 Å². The zero-order valence-corrected chi connectivity index (χ0v) is 39.0. The Morgan fingerprint density at radius 1 is 0.368 bits per heavy atom. The Kier molecular flexibility index (Phi) is 42.7. The quantitative estimate of drug-likeness (QED) is 0.0346. The van der Waals surface area contributed by atoms with Crippen LogP contribution in [0.4, 0.5) is 0 Å². The van der Waals surface area contributed by atoms with Gasteiger partial charge in [0.15, 0.2) is 6.10 Å². The molecule has 0 rings (SSSR count). The van der Waals surface area contributed by atoms with E-state index in [0.717, 1.165) is 69.6 Å². The van der Waals surface area contributed by atoms with Gasteiger partial charge in [-0.15, -0.1) is 0 Å². The van der Waals surface area contributed by atoms with Crippen LogP contribution in [0.2, 0.25) is 0 Å². The van der Waals surface area contributed by atoms with E-state index in [0.29, 0.717) is 19.3 Å². The second-order valence-electron chi connectivity index (χ2n) is 18.2. The number of hydrogen-bond acceptors (Lipinski definition) is 6. The predicted octanol–water partition coefficient (Wildman–Crippen LogP) is 16.1. The third kappa shape index (κ3) is 43.8. The monoisotopic (exact) mass is 807 g/mol. The molecule has 0 aliphatic rings. The number of hydrogen-bond donors (Lipinski definition) is 0. The summed E-state index contributed by atoms with van der Waals surface area (Å²) in [6.45, 7) is 11.4. The molecule has 0 spiro atoms. The van der Waals surface area contributed by atoms with E-state index in [1.165, 1.54) is 167 Å². The highest BCUT2D eigenvalue weighted by Crippen LogP contribution is 2.18. The van der Waals surface area contributed by atoms with E-state index >= 15 is 0 Å². The summed E-state index contributed by atoms with van der Waals surface area (Å²) in [5, 5.41) is 0. The standard InChI is InChI=1S/C51H98O6/c1-6-8-9-10-24-31-36-41-49(52)55-44-48(45-56-50(53)42-37-32-27-22-19-15-16-20-25-29-34-39-46(3)4)57-51(54)43-38-33-28-23-18-14-12-11-13-17-21-26-30-35-40-47(5)7-2/h46-48H,6-45H2,1-5H3/t47?,48-/m1/s1. The summed E-state index contributed by atoms with van der Waals surface area (Å²) < 4.78 is 16.7. The molecule has 0 amide bonds. The minimum absolute atomic E-state index is 0.0643. The smallest absolute Gasteiger partial charge is 0.306 e. The van der Waals surface area contributed by atoms with E-state index in [-0.39, 0.29) is 31.1 Å². The van der Waals surface area contributed by atoms with Crippen LogP contribution in [0.5, 0.6) is 0 Å². The molecule has 0 radical (unpaired) electrons. The highest BCUT2D eigenvalue weighted by atomic mass is 16.6. The van der Waals surface area contributed by atoms with Crippen molar-refractivity contribution in [3.05, 3.63) is 0 Å². The van der Waals surface area contributed by atoms with Gasteiger partial charge in [-0.3, -0.25) is 14.4 Å². The normalized spacial score (nSPS) is 12.5. The Labute approximate surface area is 355 Å². The number of carbonyl (C=O) groups excluding carboxylic acids is 3. The molecule has 338 valence electrons. The third-order valence-electron chi connectivity index (χ3n) is 11.8. The van der Waals surface area contributed by atoms with Crippen molar-refractivity contribution in [1.29, 1.82) is 0 Å². The minimum atomic E-state index is -0.760. The summed E-state index contributed by atoms with van der Waals surface area (Å²) >= 11 is 0. The average molecular weight is 807 g/mol. The molecule has 0 saturated heterocycles. The molecule has 0 fully saturated rings. The zero-order chi connectivity index (χ0) is 41.9. The van der Waals surface area contributed by atoms with Crippen LogP contribution in [0.15, 0.2) is 0 Å². The van der Waals surface area contributed by atoms with Gasteiger partial charge in [-0.25, -0.2) is 0 Å². The van der Waals surface area contributed by atoms with Crippen LogP contribution < -0.4 is 0 Å². The summed E-state index contributed by atoms with van der Waals surface area (Å²) in [6, 6.07) is 0. The maximum absolute atomic E-state index is 12.8. The van der Waals surface area contributed by atoms with Gasteiger partial charge in [0.25, 0.3) is 0 Å². The van der Waals surface area contributed by atoms with Crippen molar-refractivity contribution in [2.24, 2.45) is 11.8 Å². The molecule has 6 nitrogen and oxygen atoms in total. The fourth-order valence-corrected chi connectivity index (χ4v) is 7.60. The van der Waals surface area contributed by atoms with Gasteiger partial charge in [0.1, 0.15) is 13.2 Å². The van der Waals surface area contributed by atoms with Gasteiger partial charge in [0, 0.05) is 19.3 Å². The Hall–Kier alpha value is -1.59. The lowest BCUT2D eigenvalue weighted by Crippen LogP contribution is -2.30. The highest BCUT2D eigenvalue weighted by Gasteiger charge is 2.19. The van der Waals surface area contributed by atoms with Crippen molar-refractivity contribution in [3.8, 4) is 0 Å². The van der Waals surface area contributed by atoms with Crippen LogP contribution in [-0.4, -0.2) is 37.2 Å². The molecule has 0 aromatic rings. The summed E-state index contributed by atoms with van der Waals surface area (Å²) in [5.41, 5.74) is 0. The number of ether oxygens (including phenoxy) is 3. The lowest BCUT2D eigenvalue weighted by atomic mass is 9.99. The van der Waals surface area contributed by atoms with Crippen LogP contribution in [-0.2, 0) is 28.6 Å². The van der Waals surface area contributed by atoms with Gasteiger partial charge in [-0.2, -0.15) is 0 Å². The molecule has 0 aliphatic carbocycles. The van der Waals surface area contributed by atoms with Crippen molar-refractivity contribution in [3.63, 3.8) is 0 Å². The summed E-state index contributed by atoms with van der Waals surface area (Å²) in [5.74, 6) is 0.865. The van der Waals surface area contributed by atoms with Gasteiger partial charge >= 0.3 is 17.9 Å². The van der Waals surface area contributed by atoms with Gasteiger partial charge in [0.2, 0.25) is 0 Å². The molecule has 0 heterocycles. The second-order valence-corrected chi connectivity index (χ2v) is 18.2. The minimum Gasteiger partial charge on any atom is -0.462 e. The molecule has 0 aromatic carbocycles. The van der Waals surface area contributed by atoms with Crippen molar-refractivity contribution in [2.45, 2.75) is 285 Å². The van der Waals surface area contributed by atoms with Gasteiger partial charge in [-0.05, 0) is 31.1 Å². The van der Waals surface area contributed by atoms with Gasteiger partial charge < -0.3 is 14.2 Å². The fourth-order valence-electron chi connectivity index (χ4n) is 7.60. The van der Waals surface area contributed by atoms with Crippen LogP contribution in [0.25, 0.3) is 0 Å². The molecule has 0 N–H and O–H groups in total. The number of esters is 3. The molecule has 0 aromatic heterocycles. The fraction of sp³-hybridized carbons (Fsp3) is 0.941. The average Bonchev–Trinajstić information content (AvgIpc) is 3.19. The highest BCUT2D eigenvalue weighted by molar-refractivity contribution is 5.71. The van der Waals surface area contributed by atoms with E-state index in [1.54, 1.807) is 0 Å². The number of unbranched alkanes of at least 4 members (excludes halogenated alkanes) is 29. The molecule has 6 heteroatoms. The van der Waals surface area contributed by atoms with Gasteiger partial charge in [0.05, 0.1) is 0 Å². The Morgan fingerprint density at radius 2 is 0.667 bits per heavy atom.